The summed E-state index contributed by atoms with van der Waals surface area (Å²) in [6.07, 6.45) is 10.9. The lowest BCUT2D eigenvalue weighted by Crippen LogP contribution is -2.23. The molecule has 6 nitrogen and oxygen atoms in total. The standard InChI is InChI=1S/C27H32N4O2/c1-2-16-33-25-14-8-20(9-15-25)17-28-26(32)22-12-10-21(11-13-22)23-18-29-27(30-19-23)31-24-6-4-3-5-7-24/h8-15,18-19,24H,2-7,16-17H2,1H3,(H,28,32)(H,29,30,31). The number of carbonyl (C=O) groups is 1. The highest BCUT2D eigenvalue weighted by molar-refractivity contribution is 5.94. The molecule has 1 aliphatic carbocycles. The maximum absolute atomic E-state index is 12.5. The molecule has 0 atom stereocenters. The quantitative estimate of drug-likeness (QED) is 0.449. The summed E-state index contributed by atoms with van der Waals surface area (Å²) in [7, 11) is 0. The van der Waals surface area contributed by atoms with E-state index >= 15 is 0 Å². The zero-order valence-corrected chi connectivity index (χ0v) is 19.2. The molecule has 6 heteroatoms. The highest BCUT2D eigenvalue weighted by atomic mass is 16.5. The lowest BCUT2D eigenvalue weighted by atomic mass is 9.96. The molecule has 1 aromatic heterocycles. The summed E-state index contributed by atoms with van der Waals surface area (Å²) < 4.78 is 5.59. The highest BCUT2D eigenvalue weighted by Gasteiger charge is 2.14. The number of hydrogen-bond donors (Lipinski definition) is 2. The van der Waals surface area contributed by atoms with Gasteiger partial charge in [0.1, 0.15) is 5.75 Å². The van der Waals surface area contributed by atoms with E-state index in [0.717, 1.165) is 28.9 Å². The summed E-state index contributed by atoms with van der Waals surface area (Å²) in [5.41, 5.74) is 3.57. The number of nitrogens with zero attached hydrogens (tertiary/aromatic N) is 2. The Kier molecular flexibility index (Phi) is 7.90. The third-order valence-corrected chi connectivity index (χ3v) is 5.92. The van der Waals surface area contributed by atoms with Gasteiger partial charge in [-0.25, -0.2) is 9.97 Å². The largest absolute Gasteiger partial charge is 0.494 e. The fourth-order valence-electron chi connectivity index (χ4n) is 4.00. The second kappa shape index (κ2) is 11.5. The summed E-state index contributed by atoms with van der Waals surface area (Å²) in [6.45, 7) is 3.26. The summed E-state index contributed by atoms with van der Waals surface area (Å²) >= 11 is 0. The molecular weight excluding hydrogens is 412 g/mol. The highest BCUT2D eigenvalue weighted by Crippen LogP contribution is 2.22. The van der Waals surface area contributed by atoms with Gasteiger partial charge in [-0.3, -0.25) is 4.79 Å². The molecule has 4 rings (SSSR count). The number of benzene rings is 2. The van der Waals surface area contributed by atoms with E-state index in [-0.39, 0.29) is 5.91 Å². The Morgan fingerprint density at radius 1 is 0.939 bits per heavy atom. The van der Waals surface area contributed by atoms with E-state index in [1.54, 1.807) is 0 Å². The van der Waals surface area contributed by atoms with Crippen molar-refractivity contribution < 1.29 is 9.53 Å². The molecule has 0 aliphatic heterocycles. The van der Waals surface area contributed by atoms with Gasteiger partial charge in [0.2, 0.25) is 5.95 Å². The molecule has 0 saturated heterocycles. The predicted molar refractivity (Wildman–Crippen MR) is 131 cm³/mol. The molecule has 2 N–H and O–H groups in total. The van der Waals surface area contributed by atoms with Crippen LogP contribution in [0.3, 0.4) is 0 Å². The minimum absolute atomic E-state index is 0.101. The Labute approximate surface area is 195 Å². The van der Waals surface area contributed by atoms with Crippen molar-refractivity contribution in [3.63, 3.8) is 0 Å². The van der Waals surface area contributed by atoms with E-state index in [4.69, 9.17) is 4.74 Å². The molecule has 3 aromatic rings. The van der Waals surface area contributed by atoms with Gasteiger partial charge in [0.15, 0.2) is 0 Å². The molecule has 0 radical (unpaired) electrons. The molecule has 172 valence electrons. The minimum atomic E-state index is -0.101. The first-order valence-electron chi connectivity index (χ1n) is 11.9. The van der Waals surface area contributed by atoms with E-state index in [2.05, 4.69) is 27.5 Å². The van der Waals surface area contributed by atoms with Gasteiger partial charge in [-0.2, -0.15) is 0 Å². The van der Waals surface area contributed by atoms with Crippen LogP contribution in [-0.2, 0) is 6.54 Å². The van der Waals surface area contributed by atoms with Crippen molar-refractivity contribution in [1.82, 2.24) is 15.3 Å². The van der Waals surface area contributed by atoms with Gasteiger partial charge < -0.3 is 15.4 Å². The van der Waals surface area contributed by atoms with Crippen LogP contribution in [0.15, 0.2) is 60.9 Å². The number of amides is 1. The Morgan fingerprint density at radius 3 is 2.30 bits per heavy atom. The monoisotopic (exact) mass is 444 g/mol. The first-order chi connectivity index (χ1) is 16.2. The average molecular weight is 445 g/mol. The summed E-state index contributed by atoms with van der Waals surface area (Å²) in [6, 6.07) is 15.8. The minimum Gasteiger partial charge on any atom is -0.494 e. The molecule has 33 heavy (non-hydrogen) atoms. The normalized spacial score (nSPS) is 14.0. The van der Waals surface area contributed by atoms with Crippen molar-refractivity contribution in [2.24, 2.45) is 0 Å². The van der Waals surface area contributed by atoms with Gasteiger partial charge in [-0.05, 0) is 54.7 Å². The maximum atomic E-state index is 12.5. The van der Waals surface area contributed by atoms with Gasteiger partial charge in [0.25, 0.3) is 5.91 Å². The molecule has 0 bridgehead atoms. The lowest BCUT2D eigenvalue weighted by Gasteiger charge is -2.22. The Morgan fingerprint density at radius 2 is 1.64 bits per heavy atom. The smallest absolute Gasteiger partial charge is 0.251 e. The molecule has 1 saturated carbocycles. The van der Waals surface area contributed by atoms with Gasteiger partial charge in [0, 0.05) is 36.1 Å². The molecule has 2 aromatic carbocycles. The maximum Gasteiger partial charge on any atom is 0.251 e. The van der Waals surface area contributed by atoms with Gasteiger partial charge in [-0.1, -0.05) is 50.5 Å². The summed E-state index contributed by atoms with van der Waals surface area (Å²) in [4.78, 5) is 21.5. The van der Waals surface area contributed by atoms with Gasteiger partial charge in [-0.15, -0.1) is 0 Å². The van der Waals surface area contributed by atoms with Crippen LogP contribution in [0.25, 0.3) is 11.1 Å². The van der Waals surface area contributed by atoms with Crippen LogP contribution in [0.4, 0.5) is 5.95 Å². The fraction of sp³-hybridized carbons (Fsp3) is 0.370. The third kappa shape index (κ3) is 6.54. The molecule has 1 heterocycles. The number of carbonyl (C=O) groups excluding carboxylic acids is 1. The SMILES string of the molecule is CCCOc1ccc(CNC(=O)c2ccc(-c3cnc(NC4CCCCC4)nc3)cc2)cc1. The number of aromatic nitrogens is 2. The third-order valence-electron chi connectivity index (χ3n) is 5.92. The van der Waals surface area contributed by atoms with Crippen molar-refractivity contribution in [2.75, 3.05) is 11.9 Å². The fourth-order valence-corrected chi connectivity index (χ4v) is 4.00. The summed E-state index contributed by atoms with van der Waals surface area (Å²) in [5.74, 6) is 1.44. The van der Waals surface area contributed by atoms with Gasteiger partial charge >= 0.3 is 0 Å². The Balaban J connectivity index is 1.29. The van der Waals surface area contributed by atoms with Crippen LogP contribution in [0.1, 0.15) is 61.4 Å². The van der Waals surface area contributed by atoms with Crippen LogP contribution >= 0.6 is 0 Å². The summed E-state index contributed by atoms with van der Waals surface area (Å²) in [5, 5.41) is 6.41. The lowest BCUT2D eigenvalue weighted by molar-refractivity contribution is 0.0951. The van der Waals surface area contributed by atoms with Crippen LogP contribution < -0.4 is 15.4 Å². The Hall–Kier alpha value is -3.41. The van der Waals surface area contributed by atoms with Crippen LogP contribution in [0.5, 0.6) is 5.75 Å². The van der Waals surface area contributed by atoms with Crippen molar-refractivity contribution in [2.45, 2.75) is 58.0 Å². The Bertz CT molecular complexity index is 1010. The molecular formula is C27H32N4O2. The van der Waals surface area contributed by atoms with E-state index in [9.17, 15) is 4.79 Å². The second-order valence-electron chi connectivity index (χ2n) is 8.53. The van der Waals surface area contributed by atoms with Crippen molar-refractivity contribution >= 4 is 11.9 Å². The van der Waals surface area contributed by atoms with Crippen molar-refractivity contribution in [3.8, 4) is 16.9 Å². The molecule has 0 unspecified atom stereocenters. The first kappa shape index (κ1) is 22.8. The topological polar surface area (TPSA) is 76.1 Å². The van der Waals surface area contributed by atoms with Gasteiger partial charge in [0.05, 0.1) is 6.61 Å². The van der Waals surface area contributed by atoms with Crippen LogP contribution in [0.2, 0.25) is 0 Å². The number of rotatable bonds is 9. The average Bonchev–Trinajstić information content (AvgIpc) is 2.88. The number of nitrogens with one attached hydrogen (secondary N) is 2. The molecule has 1 aliphatic rings. The molecule has 1 amide bonds. The van der Waals surface area contributed by atoms with E-state index in [1.807, 2.05) is 60.9 Å². The molecule has 1 fully saturated rings. The van der Waals surface area contributed by atoms with Crippen molar-refractivity contribution in [1.29, 1.82) is 0 Å². The van der Waals surface area contributed by atoms with Crippen LogP contribution in [0, 0.1) is 0 Å². The predicted octanol–water partition coefficient (Wildman–Crippen LogP) is 5.61. The van der Waals surface area contributed by atoms with E-state index in [1.165, 1.54) is 32.1 Å². The van der Waals surface area contributed by atoms with E-state index in [0.29, 0.717) is 30.7 Å². The van der Waals surface area contributed by atoms with E-state index < -0.39 is 0 Å². The van der Waals surface area contributed by atoms with Crippen LogP contribution in [-0.4, -0.2) is 28.5 Å². The second-order valence-corrected chi connectivity index (χ2v) is 8.53. The number of hydrogen-bond acceptors (Lipinski definition) is 5. The van der Waals surface area contributed by atoms with Crippen molar-refractivity contribution in [3.05, 3.63) is 72.1 Å². The zero-order valence-electron chi connectivity index (χ0n) is 19.2. The zero-order chi connectivity index (χ0) is 22.9. The molecule has 0 spiro atoms. The number of ether oxygens (including phenoxy) is 1. The first-order valence-corrected chi connectivity index (χ1v) is 11.9. The number of anilines is 1.